The van der Waals surface area contributed by atoms with Crippen LogP contribution < -0.4 is 9.62 Å². The van der Waals surface area contributed by atoms with E-state index in [1.165, 1.54) is 19.2 Å². The number of hydrogen-bond donors (Lipinski definition) is 3. The van der Waals surface area contributed by atoms with Crippen molar-refractivity contribution in [1.29, 1.82) is 5.26 Å². The Bertz CT molecular complexity index is 1160. The van der Waals surface area contributed by atoms with Gasteiger partial charge in [-0.05, 0) is 68.5 Å². The number of ether oxygens (including phenoxy) is 1. The van der Waals surface area contributed by atoms with Crippen LogP contribution in [0, 0.1) is 11.3 Å². The molecule has 1 aliphatic heterocycles. The highest BCUT2D eigenvalue weighted by Gasteiger charge is 2.27. The Morgan fingerprint density at radius 1 is 1.27 bits per heavy atom. The van der Waals surface area contributed by atoms with Gasteiger partial charge in [-0.15, -0.1) is 0 Å². The van der Waals surface area contributed by atoms with Gasteiger partial charge in [0, 0.05) is 19.2 Å². The standard InChI is InChI=1S/C23H27N3O6S/c1-32-23(29)17-8-10-21(28)22(14-17)33(30,31)25-19-13-16(15-24)7-9-20(19)26-11-3-2-5-18(26)6-4-12-27/h7-10,13-14,18,25,27-28H,2-6,11-12H2,1H3. The van der Waals surface area contributed by atoms with E-state index in [9.17, 15) is 28.7 Å². The maximum atomic E-state index is 13.2. The van der Waals surface area contributed by atoms with E-state index < -0.39 is 26.6 Å². The van der Waals surface area contributed by atoms with Crippen molar-refractivity contribution in [3.63, 3.8) is 0 Å². The highest BCUT2D eigenvalue weighted by molar-refractivity contribution is 7.92. The van der Waals surface area contributed by atoms with Gasteiger partial charge in [-0.3, -0.25) is 4.72 Å². The predicted octanol–water partition coefficient (Wildman–Crippen LogP) is 2.98. The first-order chi connectivity index (χ1) is 15.8. The minimum atomic E-state index is -4.31. The number of methoxy groups -OCH3 is 1. The smallest absolute Gasteiger partial charge is 0.337 e. The molecule has 1 atom stereocenters. The SMILES string of the molecule is COC(=O)c1ccc(O)c(S(=O)(=O)Nc2cc(C#N)ccc2N2CCCCC2CCCO)c1. The van der Waals surface area contributed by atoms with Gasteiger partial charge in [0.2, 0.25) is 0 Å². The van der Waals surface area contributed by atoms with Crippen LogP contribution in [0.3, 0.4) is 0 Å². The Hall–Kier alpha value is -3.29. The molecule has 0 spiro atoms. The zero-order chi connectivity index (χ0) is 24.0. The second-order valence-corrected chi connectivity index (χ2v) is 9.48. The predicted molar refractivity (Wildman–Crippen MR) is 123 cm³/mol. The molecule has 0 bridgehead atoms. The lowest BCUT2D eigenvalue weighted by molar-refractivity contribution is 0.0600. The number of carbonyl (C=O) groups excluding carboxylic acids is 1. The lowest BCUT2D eigenvalue weighted by atomic mass is 9.96. The molecule has 176 valence electrons. The summed E-state index contributed by atoms with van der Waals surface area (Å²) < 4.78 is 33.6. The molecule has 3 rings (SSSR count). The summed E-state index contributed by atoms with van der Waals surface area (Å²) in [6.07, 6.45) is 4.27. The number of aliphatic hydroxyl groups excluding tert-OH is 1. The molecule has 2 aromatic carbocycles. The molecule has 1 unspecified atom stereocenters. The van der Waals surface area contributed by atoms with Gasteiger partial charge in [0.15, 0.2) is 0 Å². The van der Waals surface area contributed by atoms with Gasteiger partial charge in [0.05, 0.1) is 35.7 Å². The minimum absolute atomic E-state index is 0.0261. The summed E-state index contributed by atoms with van der Waals surface area (Å²) in [5, 5.41) is 28.8. The van der Waals surface area contributed by atoms with Crippen molar-refractivity contribution < 1.29 is 28.2 Å². The molecule has 10 heteroatoms. The van der Waals surface area contributed by atoms with Crippen molar-refractivity contribution in [3.8, 4) is 11.8 Å². The summed E-state index contributed by atoms with van der Waals surface area (Å²) in [6, 6.07) is 10.3. The number of nitrogens with zero attached hydrogens (tertiary/aromatic N) is 2. The van der Waals surface area contributed by atoms with Crippen molar-refractivity contribution in [2.75, 3.05) is 29.9 Å². The maximum Gasteiger partial charge on any atom is 0.337 e. The van der Waals surface area contributed by atoms with Crippen LogP contribution in [0.4, 0.5) is 11.4 Å². The largest absolute Gasteiger partial charge is 0.507 e. The van der Waals surface area contributed by atoms with Gasteiger partial charge in [0.1, 0.15) is 10.6 Å². The van der Waals surface area contributed by atoms with Gasteiger partial charge in [-0.2, -0.15) is 5.26 Å². The Morgan fingerprint density at radius 3 is 2.76 bits per heavy atom. The molecule has 3 N–H and O–H groups in total. The van der Waals surface area contributed by atoms with Crippen LogP contribution in [0.15, 0.2) is 41.3 Å². The van der Waals surface area contributed by atoms with Crippen molar-refractivity contribution in [3.05, 3.63) is 47.5 Å². The summed E-state index contributed by atoms with van der Waals surface area (Å²) in [4.78, 5) is 13.5. The monoisotopic (exact) mass is 473 g/mol. The Kier molecular flexibility index (Phi) is 7.79. The first-order valence-electron chi connectivity index (χ1n) is 10.7. The molecule has 0 aliphatic carbocycles. The topological polar surface area (TPSA) is 140 Å². The second kappa shape index (κ2) is 10.6. The van der Waals surface area contributed by atoms with Crippen LogP contribution in [0.5, 0.6) is 5.75 Å². The third-order valence-electron chi connectivity index (χ3n) is 5.67. The van der Waals surface area contributed by atoms with Crippen LogP contribution in [0.2, 0.25) is 0 Å². The van der Waals surface area contributed by atoms with Gasteiger partial charge in [-0.25, -0.2) is 13.2 Å². The van der Waals surface area contributed by atoms with Crippen molar-refractivity contribution >= 4 is 27.4 Å². The molecule has 0 saturated carbocycles. The number of hydrogen-bond acceptors (Lipinski definition) is 8. The number of piperidine rings is 1. The first kappa shape index (κ1) is 24.4. The number of anilines is 2. The lowest BCUT2D eigenvalue weighted by Crippen LogP contribution is -2.40. The van der Waals surface area contributed by atoms with Crippen LogP contribution in [-0.4, -0.2) is 50.9 Å². The average molecular weight is 474 g/mol. The number of phenolic OH excluding ortho intramolecular Hbond substituents is 1. The van der Waals surface area contributed by atoms with E-state index in [-0.39, 0.29) is 29.5 Å². The van der Waals surface area contributed by atoms with Crippen molar-refractivity contribution in [1.82, 2.24) is 0 Å². The van der Waals surface area contributed by atoms with E-state index in [0.29, 0.717) is 18.7 Å². The zero-order valence-corrected chi connectivity index (χ0v) is 19.1. The number of benzene rings is 2. The van der Waals surface area contributed by atoms with E-state index in [4.69, 9.17) is 0 Å². The molecule has 1 fully saturated rings. The van der Waals surface area contributed by atoms with Gasteiger partial charge in [0.25, 0.3) is 10.0 Å². The molecule has 2 aromatic rings. The molecule has 0 amide bonds. The number of aliphatic hydroxyl groups is 1. The maximum absolute atomic E-state index is 13.2. The molecule has 0 aromatic heterocycles. The highest BCUT2D eigenvalue weighted by atomic mass is 32.2. The van der Waals surface area contributed by atoms with E-state index in [1.54, 1.807) is 12.1 Å². The molecule has 1 heterocycles. The quantitative estimate of drug-likeness (QED) is 0.497. The fourth-order valence-corrected chi connectivity index (χ4v) is 5.24. The Morgan fingerprint density at radius 2 is 2.06 bits per heavy atom. The first-order valence-corrected chi connectivity index (χ1v) is 12.1. The molecule has 1 aliphatic rings. The van der Waals surface area contributed by atoms with E-state index in [1.807, 2.05) is 6.07 Å². The second-order valence-electron chi connectivity index (χ2n) is 7.83. The molecule has 0 radical (unpaired) electrons. The lowest BCUT2D eigenvalue weighted by Gasteiger charge is -2.38. The molecular weight excluding hydrogens is 446 g/mol. The summed E-state index contributed by atoms with van der Waals surface area (Å²) in [5.74, 6) is -1.26. The Balaban J connectivity index is 2.02. The zero-order valence-electron chi connectivity index (χ0n) is 18.3. The average Bonchev–Trinajstić information content (AvgIpc) is 2.82. The molecular formula is C23H27N3O6S. The van der Waals surface area contributed by atoms with E-state index in [2.05, 4.69) is 14.4 Å². The normalized spacial score (nSPS) is 16.2. The van der Waals surface area contributed by atoms with E-state index in [0.717, 1.165) is 37.8 Å². The van der Waals surface area contributed by atoms with Crippen LogP contribution in [0.1, 0.15) is 48.0 Å². The van der Waals surface area contributed by atoms with Gasteiger partial charge in [-0.1, -0.05) is 0 Å². The number of sulfonamides is 1. The molecule has 1 saturated heterocycles. The number of aromatic hydroxyl groups is 1. The van der Waals surface area contributed by atoms with E-state index >= 15 is 0 Å². The summed E-state index contributed by atoms with van der Waals surface area (Å²) >= 11 is 0. The van der Waals surface area contributed by atoms with Crippen LogP contribution in [-0.2, 0) is 14.8 Å². The fourth-order valence-electron chi connectivity index (χ4n) is 4.06. The van der Waals surface area contributed by atoms with Gasteiger partial charge < -0.3 is 19.8 Å². The molecule has 33 heavy (non-hydrogen) atoms. The number of carbonyl (C=O) groups is 1. The minimum Gasteiger partial charge on any atom is -0.507 e. The van der Waals surface area contributed by atoms with Crippen molar-refractivity contribution in [2.24, 2.45) is 0 Å². The number of phenols is 1. The number of esters is 1. The molecule has 9 nitrogen and oxygen atoms in total. The number of nitrogens with one attached hydrogen (secondary N) is 1. The van der Waals surface area contributed by atoms with Crippen molar-refractivity contribution in [2.45, 2.75) is 43.0 Å². The third-order valence-corrected chi connectivity index (χ3v) is 7.07. The van der Waals surface area contributed by atoms with Crippen LogP contribution in [0.25, 0.3) is 0 Å². The van der Waals surface area contributed by atoms with Gasteiger partial charge >= 0.3 is 5.97 Å². The summed E-state index contributed by atoms with van der Waals surface area (Å²) in [6.45, 7) is 0.785. The van der Waals surface area contributed by atoms with Crippen LogP contribution >= 0.6 is 0 Å². The third kappa shape index (κ3) is 5.56. The number of nitriles is 1. The number of rotatable bonds is 8. The highest BCUT2D eigenvalue weighted by Crippen LogP contribution is 2.36. The summed E-state index contributed by atoms with van der Waals surface area (Å²) in [7, 11) is -3.14. The Labute approximate surface area is 193 Å². The fraction of sp³-hybridized carbons (Fsp3) is 0.391. The summed E-state index contributed by atoms with van der Waals surface area (Å²) in [5.41, 5.74) is 1.06.